The van der Waals surface area contributed by atoms with Crippen LogP contribution in [-0.4, -0.2) is 14.0 Å². The first-order valence-corrected chi connectivity index (χ1v) is 33.9. The summed E-state index contributed by atoms with van der Waals surface area (Å²) in [6.07, 6.45) is 5.10. The van der Waals surface area contributed by atoms with E-state index in [2.05, 4.69) is 192 Å². The first kappa shape index (κ1) is 46.5. The molecule has 5 heteroatoms. The van der Waals surface area contributed by atoms with E-state index < -0.39 is 17.4 Å². The van der Waals surface area contributed by atoms with Gasteiger partial charge in [0.15, 0.2) is 0 Å². The van der Waals surface area contributed by atoms with Gasteiger partial charge >= 0.3 is 334 Å². The molecule has 0 aliphatic heterocycles. The standard InChI is InChI=1S/C29H39O.C20H21.2CH3.2ClH.H2Si.Zr/c1-18-12-19-16-24(29(8,9)10)26(30-11)25(23(19)13-18)20-14-21(27(2,3)4)17-22(15-20)28(5,6)7;1-14-12-16-6-5-7-18(19(16)13-14)15-8-10-17(11-9-15)20(2,3)4;;;;;;/h12-17H,1-11H3;5-13H,1-4H3;2*1H3;2*1H;1H2;. The molecular weight excluding hydrogens is 819 g/mol. The third-order valence-electron chi connectivity index (χ3n) is 12.7. The fourth-order valence-corrected chi connectivity index (χ4v) is 31.2. The summed E-state index contributed by atoms with van der Waals surface area (Å²) in [4.78, 5) is 0. The van der Waals surface area contributed by atoms with Crippen molar-refractivity contribution in [2.24, 2.45) is 0 Å². The van der Waals surface area contributed by atoms with Gasteiger partial charge in [-0.25, -0.2) is 0 Å². The number of benzene rings is 4. The Hall–Kier alpha value is -2.16. The van der Waals surface area contributed by atoms with Crippen molar-refractivity contribution in [1.82, 2.24) is 0 Å². The van der Waals surface area contributed by atoms with Gasteiger partial charge in [0, 0.05) is 0 Å². The minimum Gasteiger partial charge on any atom is -0.147 e. The largest absolute Gasteiger partial charge is 0.147 e. The van der Waals surface area contributed by atoms with Crippen molar-refractivity contribution in [3.05, 3.63) is 122 Å². The van der Waals surface area contributed by atoms with Crippen LogP contribution in [0.3, 0.4) is 0 Å². The Bertz CT molecular complexity index is 2260. The van der Waals surface area contributed by atoms with Gasteiger partial charge < -0.3 is 0 Å². The van der Waals surface area contributed by atoms with Crippen LogP contribution in [0.25, 0.3) is 34.4 Å². The smallest absolute Gasteiger partial charge is 0.147 e. The van der Waals surface area contributed by atoms with Crippen molar-refractivity contribution in [3.8, 4) is 28.0 Å². The van der Waals surface area contributed by atoms with E-state index in [4.69, 9.17) is 4.74 Å². The fraction of sp³-hybridized carbons (Fsp3) is 0.451. The summed E-state index contributed by atoms with van der Waals surface area (Å²) in [5, 5.41) is 0. The summed E-state index contributed by atoms with van der Waals surface area (Å²) < 4.78 is 12.9. The van der Waals surface area contributed by atoms with Gasteiger partial charge in [-0.3, -0.25) is 0 Å². The van der Waals surface area contributed by atoms with Crippen molar-refractivity contribution in [2.45, 2.75) is 135 Å². The summed E-state index contributed by atoms with van der Waals surface area (Å²) in [5.74, 6) is 1.03. The Morgan fingerprint density at radius 3 is 1.50 bits per heavy atom. The molecule has 56 heavy (non-hydrogen) atoms. The first-order valence-electron chi connectivity index (χ1n) is 20.2. The minimum atomic E-state index is -3.84. The molecule has 0 saturated carbocycles. The maximum absolute atomic E-state index is 6.54. The van der Waals surface area contributed by atoms with Gasteiger partial charge in [-0.15, -0.1) is 24.8 Å². The van der Waals surface area contributed by atoms with Crippen LogP contribution in [0, 0.1) is 0 Å². The second-order valence-corrected chi connectivity index (χ2v) is 52.6. The van der Waals surface area contributed by atoms with E-state index in [0.29, 0.717) is 7.25 Å². The summed E-state index contributed by atoms with van der Waals surface area (Å²) in [6, 6.07) is 26.4. The summed E-state index contributed by atoms with van der Waals surface area (Å²) in [7, 11) is 1.88. The van der Waals surface area contributed by atoms with Crippen LogP contribution in [0.2, 0.25) is 9.26 Å². The van der Waals surface area contributed by atoms with Gasteiger partial charge in [0.2, 0.25) is 0 Å². The van der Waals surface area contributed by atoms with E-state index in [9.17, 15) is 0 Å². The zero-order valence-electron chi connectivity index (χ0n) is 37.6. The Morgan fingerprint density at radius 1 is 0.554 bits per heavy atom. The van der Waals surface area contributed by atoms with Crippen LogP contribution in [0.1, 0.15) is 149 Å². The molecule has 0 radical (unpaired) electrons. The van der Waals surface area contributed by atoms with Crippen molar-refractivity contribution in [3.63, 3.8) is 0 Å². The average Bonchev–Trinajstić information content (AvgIpc) is 3.58. The zero-order chi connectivity index (χ0) is 40.2. The Labute approximate surface area is 355 Å². The molecule has 0 amide bonds. The van der Waals surface area contributed by atoms with Crippen molar-refractivity contribution >= 4 is 43.8 Å². The molecule has 0 heterocycles. The second kappa shape index (κ2) is 15.1. The van der Waals surface area contributed by atoms with Gasteiger partial charge in [-0.2, -0.15) is 0 Å². The number of hydrogen-bond acceptors (Lipinski definition) is 1. The zero-order valence-corrected chi connectivity index (χ0v) is 43.1. The third-order valence-corrected chi connectivity index (χ3v) is 30.6. The maximum atomic E-state index is 6.54. The molecule has 302 valence electrons. The molecule has 4 aromatic rings. The van der Waals surface area contributed by atoms with Crippen molar-refractivity contribution < 1.29 is 22.1 Å². The second-order valence-electron chi connectivity index (χ2n) is 22.1. The van der Waals surface area contributed by atoms with Crippen molar-refractivity contribution in [2.75, 3.05) is 7.11 Å². The Kier molecular flexibility index (Phi) is 12.6. The number of allylic oxidation sites excluding steroid dienone is 2. The van der Waals surface area contributed by atoms with Crippen LogP contribution >= 0.6 is 24.8 Å². The predicted molar refractivity (Wildman–Crippen MR) is 253 cm³/mol. The molecule has 0 aromatic heterocycles. The average molecular weight is 889 g/mol. The third kappa shape index (κ3) is 8.20. The molecule has 0 bridgehead atoms. The molecule has 1 nitrogen and oxygen atoms in total. The van der Waals surface area contributed by atoms with E-state index in [1.54, 1.807) is 0 Å². The van der Waals surface area contributed by atoms with Crippen LogP contribution < -0.4 is 4.74 Å². The summed E-state index contributed by atoms with van der Waals surface area (Å²) in [5.41, 5.74) is 19.6. The number of halogens is 2. The summed E-state index contributed by atoms with van der Waals surface area (Å²) in [6.45, 7) is 35.3. The minimum absolute atomic E-state index is 0. The normalized spacial score (nSPS) is 17.3. The SMILES string of the molecule is COc1c(C(C)(C)C)cc2c(c1-c1cc(C(C)(C)C)cc(C(C)(C)C)c1)C=C(C)[CH]2[Zr]([CH3])([CH3])(=[SiH2])[CH]1C(C)=Cc2c(-c3ccc(C(C)(C)C)cc3)cccc21.Cl.Cl. The van der Waals surface area contributed by atoms with Gasteiger partial charge in [-0.1, -0.05) is 0 Å². The monoisotopic (exact) mass is 886 g/mol. The van der Waals surface area contributed by atoms with Crippen molar-refractivity contribution in [1.29, 1.82) is 0 Å². The van der Waals surface area contributed by atoms with E-state index >= 15 is 0 Å². The van der Waals surface area contributed by atoms with Gasteiger partial charge in [0.1, 0.15) is 0 Å². The van der Waals surface area contributed by atoms with Gasteiger partial charge in [-0.05, 0) is 0 Å². The molecule has 2 aliphatic carbocycles. The van der Waals surface area contributed by atoms with E-state index in [-0.39, 0.29) is 46.5 Å². The Balaban J connectivity index is 0.00000348. The van der Waals surface area contributed by atoms with Gasteiger partial charge in [0.05, 0.1) is 0 Å². The fourth-order valence-electron chi connectivity index (χ4n) is 9.98. The van der Waals surface area contributed by atoms with Gasteiger partial charge in [0.25, 0.3) is 0 Å². The topological polar surface area (TPSA) is 9.23 Å². The maximum Gasteiger partial charge on any atom is -0.147 e. The van der Waals surface area contributed by atoms with Crippen LogP contribution in [-0.2, 0) is 39.1 Å². The predicted octanol–water partition coefficient (Wildman–Crippen LogP) is 15.0. The first-order chi connectivity index (χ1) is 24.6. The number of hydrogen-bond donors (Lipinski definition) is 0. The van der Waals surface area contributed by atoms with Crippen LogP contribution in [0.5, 0.6) is 5.75 Å². The number of methoxy groups -OCH3 is 1. The molecule has 2 atom stereocenters. The molecule has 0 fully saturated rings. The molecule has 2 unspecified atom stereocenters. The molecule has 0 spiro atoms. The number of ether oxygens (including phenoxy) is 1. The van der Waals surface area contributed by atoms with Crippen LogP contribution in [0.4, 0.5) is 0 Å². The Morgan fingerprint density at radius 2 is 1.04 bits per heavy atom. The molecule has 0 N–H and O–H groups in total. The quantitative estimate of drug-likeness (QED) is 0.181. The number of fused-ring (bicyclic) bond motifs is 2. The molecule has 2 aliphatic rings. The van der Waals surface area contributed by atoms with Crippen LogP contribution in [0.15, 0.2) is 77.9 Å². The van der Waals surface area contributed by atoms with E-state index in [0.717, 1.165) is 5.75 Å². The van der Waals surface area contributed by atoms with E-state index in [1.165, 1.54) is 77.9 Å². The molecule has 4 aromatic carbocycles. The summed E-state index contributed by atoms with van der Waals surface area (Å²) >= 11 is -3.84. The molecule has 0 saturated heterocycles. The molecule has 6 rings (SSSR count). The van der Waals surface area contributed by atoms with E-state index in [1.807, 2.05) is 7.11 Å². The number of rotatable bonds is 5. The molecular formula is C51H70Cl2OSiZr.